The molecule has 0 radical (unpaired) electrons. The van der Waals surface area contributed by atoms with Crippen molar-refractivity contribution in [2.75, 3.05) is 0 Å². The summed E-state index contributed by atoms with van der Waals surface area (Å²) in [4.78, 5) is 0. The van der Waals surface area contributed by atoms with E-state index < -0.39 is 29.2 Å². The first-order chi connectivity index (χ1) is 52.2. The maximum atomic E-state index is 14.3. The minimum absolute atomic E-state index is 0.235. The molecule has 0 aliphatic carbocycles. The van der Waals surface area contributed by atoms with Crippen LogP contribution in [0.4, 0.5) is 0 Å². The van der Waals surface area contributed by atoms with Crippen LogP contribution < -0.4 is 37.9 Å². The molecule has 2 N–H and O–H groups in total. The van der Waals surface area contributed by atoms with Gasteiger partial charge >= 0.3 is 0 Å². The number of aliphatic hydroxyl groups is 2. The summed E-state index contributed by atoms with van der Waals surface area (Å²) in [6.07, 6.45) is 4.62. The third kappa shape index (κ3) is 18.7. The van der Waals surface area contributed by atoms with Crippen molar-refractivity contribution in [2.24, 2.45) is 0 Å². The van der Waals surface area contributed by atoms with E-state index in [4.69, 9.17) is 47.4 Å². The molecular formula is C95H86O12. The van der Waals surface area contributed by atoms with Crippen molar-refractivity contribution in [3.05, 3.63) is 407 Å². The van der Waals surface area contributed by atoms with E-state index in [9.17, 15) is 10.2 Å². The summed E-state index contributed by atoms with van der Waals surface area (Å²) in [5.41, 5.74) is 9.54. The van der Waals surface area contributed by atoms with E-state index in [1.807, 2.05) is 315 Å². The van der Waals surface area contributed by atoms with Crippen LogP contribution in [0.25, 0.3) is 24.3 Å². The van der Waals surface area contributed by atoms with Crippen molar-refractivity contribution < 1.29 is 57.6 Å². The largest absolute Gasteiger partial charge is 0.489 e. The van der Waals surface area contributed by atoms with Gasteiger partial charge in [0.1, 0.15) is 122 Å². The summed E-state index contributed by atoms with van der Waals surface area (Å²) in [6, 6.07) is 92.7. The van der Waals surface area contributed by atoms with Gasteiger partial charge in [0.15, 0.2) is 5.79 Å². The first-order valence-corrected chi connectivity index (χ1v) is 35.7. The van der Waals surface area contributed by atoms with Crippen LogP contribution in [-0.2, 0) is 73.5 Å². The summed E-state index contributed by atoms with van der Waals surface area (Å²) >= 11 is 0. The van der Waals surface area contributed by atoms with Gasteiger partial charge in [-0.05, 0) is 200 Å². The highest BCUT2D eigenvalue weighted by atomic mass is 16.8. The Morgan fingerprint density at radius 2 is 0.467 bits per heavy atom. The topological polar surface area (TPSA) is 133 Å². The second kappa shape index (κ2) is 34.2. The molecule has 1 heterocycles. The van der Waals surface area contributed by atoms with Crippen LogP contribution in [0.3, 0.4) is 0 Å². The van der Waals surface area contributed by atoms with Crippen LogP contribution in [0, 0.1) is 0 Å². The van der Waals surface area contributed by atoms with Crippen LogP contribution in [-0.4, -0.2) is 28.2 Å². The zero-order valence-corrected chi connectivity index (χ0v) is 60.1. The van der Waals surface area contributed by atoms with Crippen LogP contribution in [0.5, 0.6) is 46.0 Å². The Labute approximate surface area is 626 Å². The Morgan fingerprint density at radius 1 is 0.271 bits per heavy atom. The van der Waals surface area contributed by atoms with E-state index in [2.05, 4.69) is 26.3 Å². The lowest BCUT2D eigenvalue weighted by molar-refractivity contribution is -0.172. The quantitative estimate of drug-likeness (QED) is 0.0398. The third-order valence-corrected chi connectivity index (χ3v) is 18.8. The molecule has 0 saturated carbocycles. The number of hydrogen-bond donors (Lipinski definition) is 2. The van der Waals surface area contributed by atoms with Gasteiger partial charge in [0.05, 0.1) is 0 Å². The fourth-order valence-electron chi connectivity index (χ4n) is 12.8. The van der Waals surface area contributed by atoms with E-state index >= 15 is 0 Å². The Balaban J connectivity index is 0.797. The summed E-state index contributed by atoms with van der Waals surface area (Å²) in [7, 11) is 0. The van der Waals surface area contributed by atoms with Crippen LogP contribution in [0.1, 0.15) is 103 Å². The third-order valence-electron chi connectivity index (χ3n) is 18.8. The number of ether oxygens (including phenoxy) is 10. The summed E-state index contributed by atoms with van der Waals surface area (Å²) in [5.74, 6) is 3.64. The van der Waals surface area contributed by atoms with Crippen molar-refractivity contribution in [1.82, 2.24) is 0 Å². The molecule has 12 heteroatoms. The summed E-state index contributed by atoms with van der Waals surface area (Å²) in [6.45, 7) is 21.6. The predicted molar refractivity (Wildman–Crippen MR) is 422 cm³/mol. The lowest BCUT2D eigenvalue weighted by Gasteiger charge is -2.42. The molecule has 1 saturated heterocycles. The minimum Gasteiger partial charge on any atom is -0.489 e. The molecule has 12 nitrogen and oxygen atoms in total. The minimum atomic E-state index is -2.05. The highest BCUT2D eigenvalue weighted by Gasteiger charge is 2.61. The molecule has 12 aromatic rings. The molecule has 12 aromatic carbocycles. The van der Waals surface area contributed by atoms with Crippen LogP contribution in [0.15, 0.2) is 318 Å². The van der Waals surface area contributed by atoms with Crippen LogP contribution in [0.2, 0.25) is 0 Å². The molecule has 107 heavy (non-hydrogen) atoms. The fourth-order valence-corrected chi connectivity index (χ4v) is 12.8. The van der Waals surface area contributed by atoms with Gasteiger partial charge in [-0.15, -0.1) is 0 Å². The van der Waals surface area contributed by atoms with Crippen LogP contribution >= 0.6 is 0 Å². The molecular weight excluding hydrogens is 1330 g/mol. The molecule has 0 aromatic heterocycles. The lowest BCUT2D eigenvalue weighted by Crippen LogP contribution is -2.55. The zero-order valence-electron chi connectivity index (χ0n) is 60.1. The first-order valence-electron chi connectivity index (χ1n) is 35.7. The van der Waals surface area contributed by atoms with Gasteiger partial charge in [-0.25, -0.2) is 0 Å². The number of rotatable bonds is 34. The Morgan fingerprint density at radius 3 is 0.673 bits per heavy atom. The van der Waals surface area contributed by atoms with E-state index in [0.29, 0.717) is 94.7 Å². The highest BCUT2D eigenvalue weighted by molar-refractivity contribution is 5.52. The fraction of sp³-hybridized carbons (Fsp3) is 0.158. The van der Waals surface area contributed by atoms with Gasteiger partial charge in [0.2, 0.25) is 0 Å². The molecule has 0 amide bonds. The average molecular weight is 1420 g/mol. The van der Waals surface area contributed by atoms with E-state index in [0.717, 1.165) is 66.8 Å². The Hall–Kier alpha value is -12.2. The zero-order chi connectivity index (χ0) is 74.0. The van der Waals surface area contributed by atoms with Crippen molar-refractivity contribution in [3.8, 4) is 46.0 Å². The monoisotopic (exact) mass is 1420 g/mol. The average Bonchev–Trinajstić information content (AvgIpc) is 1.64. The number of benzene rings is 12. The van der Waals surface area contributed by atoms with Crippen molar-refractivity contribution in [2.45, 2.75) is 95.9 Å². The number of hydrogen-bond acceptors (Lipinski definition) is 12. The van der Waals surface area contributed by atoms with Gasteiger partial charge in [0.25, 0.3) is 0 Å². The van der Waals surface area contributed by atoms with Gasteiger partial charge in [-0.1, -0.05) is 245 Å². The summed E-state index contributed by atoms with van der Waals surface area (Å²) < 4.78 is 64.8. The molecule has 1 fully saturated rings. The molecule has 1 aliphatic heterocycles. The van der Waals surface area contributed by atoms with E-state index in [1.165, 1.54) is 0 Å². The van der Waals surface area contributed by atoms with Gasteiger partial charge in [0, 0.05) is 0 Å². The Bertz CT molecular complexity index is 4330. The van der Waals surface area contributed by atoms with Crippen molar-refractivity contribution in [3.63, 3.8) is 0 Å². The standard InChI is InChI=1S/C95H86O12/c1-7-67-23-31-71(32-24-67)59-102-87-19-11-15-75(55-87)63-98-83-47-39-79(40-48-83)94(96,80-41-49-84(50-42-80)99-64-76-16-12-20-88(56-76)103-60-72-33-25-68(8-2)26-34-72)91-92(107-93(5,6)106-91)95(97,81-43-51-85(52-44-81)100-65-77-17-13-21-89(57-77)104-61-73-35-27-69(9-3)28-36-73)82-45-53-86(54-46-82)101-66-78-18-14-22-90(58-78)105-62-74-37-29-70(10-4)30-38-74/h7-58,91-92,96-97H,1-4,59-66H2,5-6H3/t91-,92-/m0/s1. The van der Waals surface area contributed by atoms with Crippen molar-refractivity contribution in [1.29, 1.82) is 0 Å². The van der Waals surface area contributed by atoms with E-state index in [-0.39, 0.29) is 26.4 Å². The second-order valence-electron chi connectivity index (χ2n) is 26.8. The molecule has 1 aliphatic rings. The summed E-state index contributed by atoms with van der Waals surface area (Å²) in [5, 5.41) is 28.6. The maximum Gasteiger partial charge on any atom is 0.164 e. The predicted octanol–water partition coefficient (Wildman–Crippen LogP) is 20.6. The van der Waals surface area contributed by atoms with Gasteiger partial charge < -0.3 is 57.6 Å². The lowest BCUT2D eigenvalue weighted by atomic mass is 9.72. The molecule has 0 unspecified atom stereocenters. The SMILES string of the molecule is C=Cc1ccc(COc2cccc(COc3ccc(C(O)(c4ccc(OCc5cccc(OCc6ccc(C=C)cc6)c5)cc4)[C@H]4OC(C)(C)O[C@@H]4C(O)(c4ccc(OCc5cccc(OCc6ccc(C=C)cc6)c5)cc4)c4ccc(OCc5cccc(OCc6ccc(C=C)cc6)c5)cc4)cc3)c2)cc1. The first kappa shape index (κ1) is 73.2. The smallest absolute Gasteiger partial charge is 0.164 e. The Kier molecular flexibility index (Phi) is 23.4. The molecule has 0 bridgehead atoms. The molecule has 13 rings (SSSR count). The van der Waals surface area contributed by atoms with Gasteiger partial charge in [-0.3, -0.25) is 0 Å². The van der Waals surface area contributed by atoms with Gasteiger partial charge in [-0.2, -0.15) is 0 Å². The van der Waals surface area contributed by atoms with E-state index in [1.54, 1.807) is 13.8 Å². The van der Waals surface area contributed by atoms with Crippen molar-refractivity contribution >= 4 is 24.3 Å². The highest BCUT2D eigenvalue weighted by Crippen LogP contribution is 2.51. The molecule has 538 valence electrons. The normalized spacial score (nSPS) is 13.9. The second-order valence-corrected chi connectivity index (χ2v) is 26.8. The molecule has 2 atom stereocenters. The maximum absolute atomic E-state index is 14.3. The molecule has 0 spiro atoms.